The Bertz CT molecular complexity index is 1300. The van der Waals surface area contributed by atoms with Gasteiger partial charge in [0, 0.05) is 54.3 Å². The number of hydrogen-bond donors (Lipinski definition) is 1. The Kier molecular flexibility index (Phi) is 5.65. The van der Waals surface area contributed by atoms with Crippen LogP contribution in [0.1, 0.15) is 61.0 Å². The van der Waals surface area contributed by atoms with Crippen LogP contribution in [0.25, 0.3) is 16.7 Å². The number of fused-ring (bicyclic) bond motifs is 4. The van der Waals surface area contributed by atoms with Crippen LogP contribution in [-0.4, -0.2) is 41.0 Å². The largest absolute Gasteiger partial charge is 0.456 e. The summed E-state index contributed by atoms with van der Waals surface area (Å²) in [6.07, 6.45) is 8.27. The molecule has 3 aliphatic heterocycles. The van der Waals surface area contributed by atoms with Gasteiger partial charge in [-0.25, -0.2) is 0 Å². The van der Waals surface area contributed by atoms with Gasteiger partial charge in [0.25, 0.3) is 5.91 Å². The highest BCUT2D eigenvalue weighted by Gasteiger charge is 2.34. The van der Waals surface area contributed by atoms with E-state index in [0.29, 0.717) is 30.7 Å². The zero-order valence-corrected chi connectivity index (χ0v) is 20.4. The minimum absolute atomic E-state index is 0.0503. The molecule has 1 amide bonds. The molecule has 3 aliphatic rings. The molecule has 3 aromatic rings. The third-order valence-corrected chi connectivity index (χ3v) is 7.71. The van der Waals surface area contributed by atoms with E-state index in [1.807, 2.05) is 55.4 Å². The smallest absolute Gasteiger partial charge is 0.253 e. The van der Waals surface area contributed by atoms with Crippen molar-refractivity contribution in [1.82, 2.24) is 15.2 Å². The summed E-state index contributed by atoms with van der Waals surface area (Å²) in [7, 11) is 0. The van der Waals surface area contributed by atoms with Gasteiger partial charge >= 0.3 is 0 Å². The molecular formula is C30H31N3O2. The number of rotatable bonds is 4. The molecule has 1 N–H and O–H groups in total. The van der Waals surface area contributed by atoms with Crippen LogP contribution in [0.5, 0.6) is 11.5 Å². The highest BCUT2D eigenvalue weighted by molar-refractivity contribution is 5.97. The Morgan fingerprint density at radius 3 is 2.37 bits per heavy atom. The number of carbonyl (C=O) groups is 1. The Labute approximate surface area is 206 Å². The molecule has 6 rings (SSSR count). The molecular weight excluding hydrogens is 434 g/mol. The lowest BCUT2D eigenvalue weighted by molar-refractivity contribution is 0.0772. The first-order chi connectivity index (χ1) is 17.1. The van der Waals surface area contributed by atoms with Crippen LogP contribution in [0.2, 0.25) is 0 Å². The van der Waals surface area contributed by atoms with Crippen molar-refractivity contribution in [3.05, 3.63) is 83.2 Å². The zero-order chi connectivity index (χ0) is 23.9. The predicted molar refractivity (Wildman–Crippen MR) is 139 cm³/mol. The second kappa shape index (κ2) is 8.97. The molecule has 178 valence electrons. The monoisotopic (exact) mass is 465 g/mol. The van der Waals surface area contributed by atoms with Gasteiger partial charge in [-0.2, -0.15) is 0 Å². The van der Waals surface area contributed by atoms with Crippen LogP contribution < -0.4 is 10.1 Å². The molecule has 2 aromatic carbocycles. The first-order valence-electron chi connectivity index (χ1n) is 12.8. The van der Waals surface area contributed by atoms with Crippen molar-refractivity contribution in [1.29, 1.82) is 0 Å². The number of amides is 1. The first-order valence-corrected chi connectivity index (χ1v) is 12.8. The summed E-state index contributed by atoms with van der Waals surface area (Å²) in [6.45, 7) is 5.42. The van der Waals surface area contributed by atoms with Crippen molar-refractivity contribution in [2.45, 2.75) is 51.6 Å². The van der Waals surface area contributed by atoms with Gasteiger partial charge in [-0.15, -0.1) is 0 Å². The molecule has 2 fully saturated rings. The molecule has 5 nitrogen and oxygen atoms in total. The number of pyridine rings is 1. The van der Waals surface area contributed by atoms with Crippen molar-refractivity contribution >= 4 is 11.5 Å². The van der Waals surface area contributed by atoms with E-state index >= 15 is 0 Å². The number of nitrogens with zero attached hydrogens (tertiary/aromatic N) is 2. The first kappa shape index (κ1) is 22.1. The standard InChI is InChI=1S/C30H31N3O2/c1-3-33(4-2)30(34)21-5-9-25-28(18-21)35-27-10-6-20(19-11-13-31-14-12-19)17-26(27)29(25)22-15-23-7-8-24(16-22)32-23/h5-6,9-14,17-18,23-24,32H,3-4,7-8,15-16H2,1-2H3. The Hall–Kier alpha value is -3.44. The number of aromatic nitrogens is 1. The molecule has 5 heteroatoms. The van der Waals surface area contributed by atoms with Crippen molar-refractivity contribution < 1.29 is 9.53 Å². The van der Waals surface area contributed by atoms with E-state index in [2.05, 4.69) is 34.6 Å². The summed E-state index contributed by atoms with van der Waals surface area (Å²) in [6, 6.07) is 17.6. The van der Waals surface area contributed by atoms with E-state index < -0.39 is 0 Å². The maximum absolute atomic E-state index is 13.1. The van der Waals surface area contributed by atoms with Crippen LogP contribution in [0.3, 0.4) is 0 Å². The van der Waals surface area contributed by atoms with Crippen molar-refractivity contribution in [2.24, 2.45) is 0 Å². The Balaban J connectivity index is 1.49. The second-order valence-electron chi connectivity index (χ2n) is 9.76. The minimum atomic E-state index is 0.0503. The maximum atomic E-state index is 13.1. The minimum Gasteiger partial charge on any atom is -0.456 e. The molecule has 0 radical (unpaired) electrons. The summed E-state index contributed by atoms with van der Waals surface area (Å²) in [5, 5.41) is 3.77. The van der Waals surface area contributed by atoms with Gasteiger partial charge in [0.15, 0.2) is 0 Å². The summed E-state index contributed by atoms with van der Waals surface area (Å²) in [5.41, 5.74) is 8.00. The second-order valence-corrected chi connectivity index (χ2v) is 9.76. The summed E-state index contributed by atoms with van der Waals surface area (Å²) in [5.74, 6) is 1.69. The van der Waals surface area contributed by atoms with E-state index in [-0.39, 0.29) is 5.91 Å². The molecule has 35 heavy (non-hydrogen) atoms. The van der Waals surface area contributed by atoms with Crippen LogP contribution >= 0.6 is 0 Å². The van der Waals surface area contributed by atoms with E-state index in [9.17, 15) is 4.79 Å². The predicted octanol–water partition coefficient (Wildman–Crippen LogP) is 6.05. The lowest BCUT2D eigenvalue weighted by Gasteiger charge is -2.31. The summed E-state index contributed by atoms with van der Waals surface area (Å²) >= 11 is 0. The van der Waals surface area contributed by atoms with Gasteiger partial charge in [-0.05, 0) is 98.7 Å². The molecule has 2 atom stereocenters. The Morgan fingerprint density at radius 2 is 1.66 bits per heavy atom. The maximum Gasteiger partial charge on any atom is 0.253 e. The number of benzene rings is 2. The number of carbonyl (C=O) groups excluding carboxylic acids is 1. The summed E-state index contributed by atoms with van der Waals surface area (Å²) in [4.78, 5) is 19.1. The van der Waals surface area contributed by atoms with E-state index in [1.165, 1.54) is 24.0 Å². The van der Waals surface area contributed by atoms with Gasteiger partial charge < -0.3 is 15.0 Å². The molecule has 0 saturated carbocycles. The molecule has 2 bridgehead atoms. The van der Waals surface area contributed by atoms with E-state index in [4.69, 9.17) is 4.74 Å². The van der Waals surface area contributed by atoms with Gasteiger partial charge in [0.2, 0.25) is 0 Å². The average Bonchev–Trinajstić information content (AvgIpc) is 3.24. The quantitative estimate of drug-likeness (QED) is 0.398. The van der Waals surface area contributed by atoms with Gasteiger partial charge in [0.05, 0.1) is 0 Å². The Morgan fingerprint density at radius 1 is 0.914 bits per heavy atom. The normalized spacial score (nSPS) is 20.2. The molecule has 0 aliphatic carbocycles. The highest BCUT2D eigenvalue weighted by atomic mass is 16.5. The fourth-order valence-electron chi connectivity index (χ4n) is 5.93. The fourth-order valence-corrected chi connectivity index (χ4v) is 5.93. The summed E-state index contributed by atoms with van der Waals surface area (Å²) < 4.78 is 6.46. The van der Waals surface area contributed by atoms with Gasteiger partial charge in [-0.1, -0.05) is 11.6 Å². The number of hydrogen-bond acceptors (Lipinski definition) is 4. The SMILES string of the molecule is CCN(CC)C(=O)c1ccc2c(c1)Oc1ccc(-c3ccncc3)cc1C2=C1CC2CCC(C1)N2. The third-order valence-electron chi connectivity index (χ3n) is 7.71. The van der Waals surface area contributed by atoms with Crippen LogP contribution in [0.4, 0.5) is 0 Å². The lowest BCUT2D eigenvalue weighted by Crippen LogP contribution is -2.35. The highest BCUT2D eigenvalue weighted by Crippen LogP contribution is 2.49. The number of piperidine rings is 1. The molecule has 2 unspecified atom stereocenters. The molecule has 4 heterocycles. The van der Waals surface area contributed by atoms with Gasteiger partial charge in [0.1, 0.15) is 11.5 Å². The zero-order valence-electron chi connectivity index (χ0n) is 20.4. The number of ether oxygens (including phenoxy) is 1. The third kappa shape index (κ3) is 3.94. The van der Waals surface area contributed by atoms with Crippen LogP contribution in [-0.2, 0) is 0 Å². The van der Waals surface area contributed by atoms with Crippen molar-refractivity contribution in [2.75, 3.05) is 13.1 Å². The molecule has 0 spiro atoms. The number of nitrogens with one attached hydrogen (secondary N) is 1. The topological polar surface area (TPSA) is 54.5 Å². The lowest BCUT2D eigenvalue weighted by atomic mass is 9.83. The van der Waals surface area contributed by atoms with Crippen LogP contribution in [0, 0.1) is 0 Å². The van der Waals surface area contributed by atoms with Crippen LogP contribution in [0.15, 0.2) is 66.5 Å². The average molecular weight is 466 g/mol. The fraction of sp³-hybridized carbons (Fsp3) is 0.333. The molecule has 1 aromatic heterocycles. The molecule has 2 saturated heterocycles. The van der Waals surface area contributed by atoms with Gasteiger partial charge in [-0.3, -0.25) is 9.78 Å². The van der Waals surface area contributed by atoms with E-state index in [1.54, 1.807) is 0 Å². The van der Waals surface area contributed by atoms with E-state index in [0.717, 1.165) is 46.6 Å². The van der Waals surface area contributed by atoms with Crippen molar-refractivity contribution in [3.63, 3.8) is 0 Å². The van der Waals surface area contributed by atoms with Crippen molar-refractivity contribution in [3.8, 4) is 22.6 Å².